The Kier molecular flexibility index (Phi) is 5.11. The van der Waals surface area contributed by atoms with Gasteiger partial charge in [0.2, 0.25) is 0 Å². The number of hydrogen-bond donors (Lipinski definition) is 2. The third-order valence-corrected chi connectivity index (χ3v) is 4.50. The van der Waals surface area contributed by atoms with Crippen molar-refractivity contribution in [3.63, 3.8) is 0 Å². The third kappa shape index (κ3) is 3.91. The second kappa shape index (κ2) is 7.48. The molecule has 9 nitrogen and oxygen atoms in total. The van der Waals surface area contributed by atoms with Crippen LogP contribution >= 0.6 is 0 Å². The molecule has 0 bridgehead atoms. The number of nitro benzene ring substituents is 1. The first-order chi connectivity index (χ1) is 12.9. The minimum Gasteiger partial charge on any atom is -0.478 e. The number of carboxylic acids is 1. The summed E-state index contributed by atoms with van der Waals surface area (Å²) in [6.07, 6.45) is 1.97. The molecule has 1 aliphatic rings. The maximum absolute atomic E-state index is 12.3. The van der Waals surface area contributed by atoms with E-state index in [9.17, 15) is 19.7 Å². The van der Waals surface area contributed by atoms with Crippen molar-refractivity contribution in [3.05, 3.63) is 57.0 Å². The van der Waals surface area contributed by atoms with Crippen LogP contribution in [0.1, 0.15) is 45.1 Å². The van der Waals surface area contributed by atoms with Gasteiger partial charge in [-0.05, 0) is 38.0 Å². The van der Waals surface area contributed by atoms with Crippen LogP contribution in [0.15, 0.2) is 28.7 Å². The zero-order chi connectivity index (χ0) is 19.6. The minimum absolute atomic E-state index is 0.0192. The van der Waals surface area contributed by atoms with E-state index in [1.165, 1.54) is 19.1 Å². The molecule has 1 fully saturated rings. The number of amides is 1. The topological polar surface area (TPSA) is 126 Å². The second-order valence-corrected chi connectivity index (χ2v) is 6.33. The molecule has 1 amide bonds. The lowest BCUT2D eigenvalue weighted by Gasteiger charge is -2.17. The number of rotatable bonds is 6. The Morgan fingerprint density at radius 3 is 2.59 bits per heavy atom. The summed E-state index contributed by atoms with van der Waals surface area (Å²) in [5.41, 5.74) is 0.601. The highest BCUT2D eigenvalue weighted by Gasteiger charge is 2.24. The van der Waals surface area contributed by atoms with Crippen molar-refractivity contribution in [2.75, 3.05) is 18.0 Å². The fourth-order valence-electron chi connectivity index (χ4n) is 3.15. The largest absolute Gasteiger partial charge is 0.478 e. The van der Waals surface area contributed by atoms with E-state index in [1.54, 1.807) is 12.1 Å². The van der Waals surface area contributed by atoms with Gasteiger partial charge in [-0.15, -0.1) is 0 Å². The van der Waals surface area contributed by atoms with Crippen molar-refractivity contribution in [3.8, 4) is 0 Å². The standard InChI is InChI=1S/C18H19N3O6/c1-11-14(18(23)24)9-13(27-11)10-19-17(22)12-4-5-15(16(8-12)21(25)26)20-6-2-3-7-20/h4-5,8-9H,2-3,6-7,10H2,1H3,(H,19,22)(H,23,24). The fraction of sp³-hybridized carbons (Fsp3) is 0.333. The Balaban J connectivity index is 1.74. The van der Waals surface area contributed by atoms with Crippen LogP contribution in [0.2, 0.25) is 0 Å². The van der Waals surface area contributed by atoms with E-state index in [0.29, 0.717) is 11.4 Å². The first-order valence-electron chi connectivity index (χ1n) is 8.51. The molecule has 2 aromatic rings. The van der Waals surface area contributed by atoms with Crippen molar-refractivity contribution in [2.24, 2.45) is 0 Å². The highest BCUT2D eigenvalue weighted by atomic mass is 16.6. The number of aryl methyl sites for hydroxylation is 1. The van der Waals surface area contributed by atoms with E-state index >= 15 is 0 Å². The normalized spacial score (nSPS) is 13.6. The quantitative estimate of drug-likeness (QED) is 0.589. The predicted molar refractivity (Wildman–Crippen MR) is 96.1 cm³/mol. The van der Waals surface area contributed by atoms with Crippen molar-refractivity contribution in [2.45, 2.75) is 26.3 Å². The maximum atomic E-state index is 12.3. The van der Waals surface area contributed by atoms with Crippen LogP contribution in [0.3, 0.4) is 0 Å². The molecular weight excluding hydrogens is 354 g/mol. The molecule has 2 heterocycles. The van der Waals surface area contributed by atoms with Crippen LogP contribution in [0, 0.1) is 17.0 Å². The molecule has 142 valence electrons. The van der Waals surface area contributed by atoms with Gasteiger partial charge in [0, 0.05) is 24.7 Å². The van der Waals surface area contributed by atoms with E-state index in [2.05, 4.69) is 5.32 Å². The lowest BCUT2D eigenvalue weighted by atomic mass is 10.1. The van der Waals surface area contributed by atoms with E-state index in [0.717, 1.165) is 25.9 Å². The summed E-state index contributed by atoms with van der Waals surface area (Å²) in [6.45, 7) is 3.02. The van der Waals surface area contributed by atoms with Crippen LogP contribution in [0.25, 0.3) is 0 Å². The van der Waals surface area contributed by atoms with Crippen molar-refractivity contribution in [1.82, 2.24) is 5.32 Å². The monoisotopic (exact) mass is 373 g/mol. The molecule has 0 unspecified atom stereocenters. The van der Waals surface area contributed by atoms with Gasteiger partial charge >= 0.3 is 5.97 Å². The lowest BCUT2D eigenvalue weighted by Crippen LogP contribution is -2.23. The third-order valence-electron chi connectivity index (χ3n) is 4.50. The van der Waals surface area contributed by atoms with Crippen LogP contribution < -0.4 is 10.2 Å². The van der Waals surface area contributed by atoms with Crippen LogP contribution in [-0.2, 0) is 6.54 Å². The average molecular weight is 373 g/mol. The molecule has 0 radical (unpaired) electrons. The van der Waals surface area contributed by atoms with Gasteiger partial charge in [-0.25, -0.2) is 4.79 Å². The van der Waals surface area contributed by atoms with E-state index in [1.807, 2.05) is 4.90 Å². The van der Waals surface area contributed by atoms with Gasteiger partial charge < -0.3 is 19.7 Å². The summed E-state index contributed by atoms with van der Waals surface area (Å²) < 4.78 is 5.30. The van der Waals surface area contributed by atoms with Crippen LogP contribution in [0.5, 0.6) is 0 Å². The minimum atomic E-state index is -1.11. The molecule has 1 aromatic heterocycles. The summed E-state index contributed by atoms with van der Waals surface area (Å²) >= 11 is 0. The molecule has 9 heteroatoms. The number of carbonyl (C=O) groups excluding carboxylic acids is 1. The molecule has 0 saturated carbocycles. The number of nitro groups is 1. The zero-order valence-corrected chi connectivity index (χ0v) is 14.7. The Hall–Kier alpha value is -3.36. The zero-order valence-electron chi connectivity index (χ0n) is 14.7. The number of carbonyl (C=O) groups is 2. The summed E-state index contributed by atoms with van der Waals surface area (Å²) in [7, 11) is 0. The molecule has 3 rings (SSSR count). The predicted octanol–water partition coefficient (Wildman–Crippen LogP) is 2.72. The highest BCUT2D eigenvalue weighted by molar-refractivity contribution is 5.95. The van der Waals surface area contributed by atoms with E-state index in [4.69, 9.17) is 9.52 Å². The summed E-state index contributed by atoms with van der Waals surface area (Å²) in [5.74, 6) is -1.07. The van der Waals surface area contributed by atoms with Crippen molar-refractivity contribution >= 4 is 23.3 Å². The average Bonchev–Trinajstić information content (AvgIpc) is 3.28. The summed E-state index contributed by atoms with van der Waals surface area (Å²) in [6, 6.07) is 5.75. The molecule has 1 aromatic carbocycles. The van der Waals surface area contributed by atoms with Crippen LogP contribution in [0.4, 0.5) is 11.4 Å². The number of benzene rings is 1. The van der Waals surface area contributed by atoms with Gasteiger partial charge in [-0.2, -0.15) is 0 Å². The van der Waals surface area contributed by atoms with Gasteiger partial charge in [-0.3, -0.25) is 14.9 Å². The molecule has 2 N–H and O–H groups in total. The Labute approximate surface area is 154 Å². The van der Waals surface area contributed by atoms with Crippen LogP contribution in [-0.4, -0.2) is 35.0 Å². The Morgan fingerprint density at radius 1 is 1.30 bits per heavy atom. The Morgan fingerprint density at radius 2 is 2.00 bits per heavy atom. The molecule has 0 atom stereocenters. The fourth-order valence-corrected chi connectivity index (χ4v) is 3.15. The Bertz CT molecular complexity index is 898. The van der Waals surface area contributed by atoms with E-state index in [-0.39, 0.29) is 29.1 Å². The molecule has 0 spiro atoms. The van der Waals surface area contributed by atoms with Gasteiger partial charge in [0.1, 0.15) is 22.8 Å². The first-order valence-corrected chi connectivity index (χ1v) is 8.51. The van der Waals surface area contributed by atoms with Gasteiger partial charge in [0.15, 0.2) is 0 Å². The maximum Gasteiger partial charge on any atom is 0.339 e. The van der Waals surface area contributed by atoms with Gasteiger partial charge in [0.25, 0.3) is 11.6 Å². The molecule has 1 saturated heterocycles. The molecular formula is C18H19N3O6. The highest BCUT2D eigenvalue weighted by Crippen LogP contribution is 2.31. The smallest absolute Gasteiger partial charge is 0.339 e. The molecule has 1 aliphatic heterocycles. The number of aromatic carboxylic acids is 1. The number of nitrogens with one attached hydrogen (secondary N) is 1. The number of hydrogen-bond acceptors (Lipinski definition) is 6. The SMILES string of the molecule is Cc1oc(CNC(=O)c2ccc(N3CCCC3)c([N+](=O)[O-])c2)cc1C(=O)O. The summed E-state index contributed by atoms with van der Waals surface area (Å²) in [5, 5.41) is 23.0. The molecule has 27 heavy (non-hydrogen) atoms. The lowest BCUT2D eigenvalue weighted by molar-refractivity contribution is -0.384. The van der Waals surface area contributed by atoms with Gasteiger partial charge in [-0.1, -0.05) is 0 Å². The first kappa shape index (κ1) is 18.4. The summed E-state index contributed by atoms with van der Waals surface area (Å²) in [4.78, 5) is 36.2. The number of anilines is 1. The number of carboxylic acid groups (broad SMARTS) is 1. The van der Waals surface area contributed by atoms with Gasteiger partial charge in [0.05, 0.1) is 11.5 Å². The second-order valence-electron chi connectivity index (χ2n) is 6.33. The van der Waals surface area contributed by atoms with Crippen molar-refractivity contribution in [1.29, 1.82) is 0 Å². The number of nitrogens with zero attached hydrogens (tertiary/aromatic N) is 2. The number of furan rings is 1. The van der Waals surface area contributed by atoms with Crippen molar-refractivity contribution < 1.29 is 24.0 Å². The van der Waals surface area contributed by atoms with E-state index < -0.39 is 16.8 Å². The molecule has 0 aliphatic carbocycles.